The van der Waals surface area contributed by atoms with Crippen molar-refractivity contribution in [1.29, 1.82) is 0 Å². The highest BCUT2D eigenvalue weighted by molar-refractivity contribution is 7.87. The van der Waals surface area contributed by atoms with Gasteiger partial charge < -0.3 is 4.90 Å². The number of hydrogen-bond acceptors (Lipinski definition) is 5. The van der Waals surface area contributed by atoms with Crippen LogP contribution in [0.15, 0.2) is 29.4 Å². The van der Waals surface area contributed by atoms with E-state index in [1.54, 1.807) is 0 Å². The van der Waals surface area contributed by atoms with E-state index in [1.807, 2.05) is 43.3 Å². The summed E-state index contributed by atoms with van der Waals surface area (Å²) < 4.78 is 25.9. The predicted molar refractivity (Wildman–Crippen MR) is 87.1 cm³/mol. The molecule has 0 saturated carbocycles. The van der Waals surface area contributed by atoms with Crippen LogP contribution in [0.3, 0.4) is 0 Å². The van der Waals surface area contributed by atoms with E-state index in [2.05, 4.69) is 15.2 Å². The van der Waals surface area contributed by atoms with Gasteiger partial charge in [0.05, 0.1) is 12.8 Å². The van der Waals surface area contributed by atoms with E-state index < -0.39 is 16.1 Å². The lowest BCUT2D eigenvalue weighted by Crippen LogP contribution is -2.41. The summed E-state index contributed by atoms with van der Waals surface area (Å²) in [5.41, 5.74) is 4.13. The van der Waals surface area contributed by atoms with Gasteiger partial charge in [-0.1, -0.05) is 12.1 Å². The maximum atomic E-state index is 11.5. The van der Waals surface area contributed by atoms with Crippen LogP contribution >= 0.6 is 0 Å². The standard InChI is InChI=1S/C13H21N5O3S/c1-17(2)12-7-5-11(6-8-12)9-14-16-13(19)10-15-22(20,21)18(3)4/h5-9,15H,10H2,1-4H3,(H,16,19)/b14-9-. The van der Waals surface area contributed by atoms with Gasteiger partial charge in [-0.05, 0) is 17.7 Å². The SMILES string of the molecule is CN(C)c1ccc(/C=N\NC(=O)CNS(=O)(=O)N(C)C)cc1. The molecule has 0 aromatic heterocycles. The van der Waals surface area contributed by atoms with Crippen molar-refractivity contribution in [3.8, 4) is 0 Å². The van der Waals surface area contributed by atoms with Crippen LogP contribution in [0.4, 0.5) is 5.69 Å². The van der Waals surface area contributed by atoms with E-state index in [4.69, 9.17) is 0 Å². The molecule has 8 nitrogen and oxygen atoms in total. The van der Waals surface area contributed by atoms with Crippen LogP contribution in [0.25, 0.3) is 0 Å². The molecule has 1 rings (SSSR count). The molecule has 0 unspecified atom stereocenters. The second kappa shape index (κ2) is 7.87. The lowest BCUT2D eigenvalue weighted by atomic mass is 10.2. The molecule has 0 bridgehead atoms. The van der Waals surface area contributed by atoms with E-state index >= 15 is 0 Å². The minimum absolute atomic E-state index is 0.378. The molecule has 0 aliphatic carbocycles. The molecule has 1 aromatic carbocycles. The number of hydrogen-bond donors (Lipinski definition) is 2. The number of benzene rings is 1. The average Bonchev–Trinajstić information content (AvgIpc) is 2.45. The van der Waals surface area contributed by atoms with Gasteiger partial charge in [-0.15, -0.1) is 0 Å². The molecule has 0 heterocycles. The van der Waals surface area contributed by atoms with E-state index in [9.17, 15) is 13.2 Å². The van der Waals surface area contributed by atoms with Crippen LogP contribution < -0.4 is 15.0 Å². The maximum Gasteiger partial charge on any atom is 0.279 e. The fourth-order valence-corrected chi connectivity index (χ4v) is 1.93. The number of anilines is 1. The van der Waals surface area contributed by atoms with Crippen molar-refractivity contribution in [3.05, 3.63) is 29.8 Å². The van der Waals surface area contributed by atoms with Crippen molar-refractivity contribution in [2.75, 3.05) is 39.6 Å². The Morgan fingerprint density at radius 3 is 2.27 bits per heavy atom. The highest BCUT2D eigenvalue weighted by Gasteiger charge is 2.13. The Kier molecular flexibility index (Phi) is 6.47. The Bertz CT molecular complexity index is 624. The van der Waals surface area contributed by atoms with Crippen LogP contribution in [0.1, 0.15) is 5.56 Å². The van der Waals surface area contributed by atoms with Gasteiger partial charge >= 0.3 is 0 Å². The summed E-state index contributed by atoms with van der Waals surface area (Å²) in [5, 5.41) is 3.78. The normalized spacial score (nSPS) is 11.9. The molecular formula is C13H21N5O3S. The first-order chi connectivity index (χ1) is 10.2. The van der Waals surface area contributed by atoms with E-state index in [-0.39, 0.29) is 6.54 Å². The first kappa shape index (κ1) is 18.1. The van der Waals surface area contributed by atoms with Gasteiger partial charge in [0, 0.05) is 33.9 Å². The topological polar surface area (TPSA) is 94.1 Å². The molecule has 9 heteroatoms. The minimum atomic E-state index is -3.62. The number of rotatable bonds is 7. The Labute approximate surface area is 131 Å². The summed E-state index contributed by atoms with van der Waals surface area (Å²) in [6.07, 6.45) is 1.48. The number of hydrazone groups is 1. The monoisotopic (exact) mass is 327 g/mol. The molecule has 0 aliphatic heterocycles. The van der Waals surface area contributed by atoms with Gasteiger partial charge in [-0.3, -0.25) is 4.79 Å². The second-order valence-corrected chi connectivity index (χ2v) is 6.86. The Hall–Kier alpha value is -1.97. The van der Waals surface area contributed by atoms with Crippen LogP contribution in [0.2, 0.25) is 0 Å². The lowest BCUT2D eigenvalue weighted by molar-refractivity contribution is -0.119. The lowest BCUT2D eigenvalue weighted by Gasteiger charge is -2.11. The molecule has 1 amide bonds. The van der Waals surface area contributed by atoms with Gasteiger partial charge in [0.1, 0.15) is 0 Å². The average molecular weight is 327 g/mol. The number of nitrogens with zero attached hydrogens (tertiary/aromatic N) is 3. The predicted octanol–water partition coefficient (Wildman–Crippen LogP) is -0.401. The molecule has 0 saturated heterocycles. The summed E-state index contributed by atoms with van der Waals surface area (Å²) >= 11 is 0. The van der Waals surface area contributed by atoms with Gasteiger partial charge in [0.25, 0.3) is 16.1 Å². The molecule has 2 N–H and O–H groups in total. The minimum Gasteiger partial charge on any atom is -0.378 e. The number of carbonyl (C=O) groups excluding carboxylic acids is 1. The van der Waals surface area contributed by atoms with Gasteiger partial charge in [0.2, 0.25) is 0 Å². The summed E-state index contributed by atoms with van der Waals surface area (Å²) in [6.45, 7) is -0.378. The van der Waals surface area contributed by atoms with Crippen molar-refractivity contribution in [2.45, 2.75) is 0 Å². The zero-order valence-corrected chi connectivity index (χ0v) is 13.9. The van der Waals surface area contributed by atoms with Gasteiger partial charge in [0.15, 0.2) is 0 Å². The van der Waals surface area contributed by atoms with E-state index in [1.165, 1.54) is 20.3 Å². The summed E-state index contributed by atoms with van der Waals surface area (Å²) in [5.74, 6) is -0.549. The molecule has 0 aliphatic rings. The molecular weight excluding hydrogens is 306 g/mol. The van der Waals surface area contributed by atoms with Crippen LogP contribution in [0.5, 0.6) is 0 Å². The highest BCUT2D eigenvalue weighted by atomic mass is 32.2. The van der Waals surface area contributed by atoms with Crippen molar-refractivity contribution in [2.24, 2.45) is 5.10 Å². The maximum absolute atomic E-state index is 11.5. The van der Waals surface area contributed by atoms with Crippen molar-refractivity contribution in [1.82, 2.24) is 14.5 Å². The van der Waals surface area contributed by atoms with Crippen molar-refractivity contribution in [3.63, 3.8) is 0 Å². The Morgan fingerprint density at radius 2 is 1.77 bits per heavy atom. The molecule has 0 spiro atoms. The van der Waals surface area contributed by atoms with Crippen LogP contribution in [-0.4, -0.2) is 59.6 Å². The summed E-state index contributed by atoms with van der Waals surface area (Å²) in [7, 11) is 3.01. The number of amides is 1. The van der Waals surface area contributed by atoms with E-state index in [0.717, 1.165) is 15.6 Å². The van der Waals surface area contributed by atoms with Crippen LogP contribution in [-0.2, 0) is 15.0 Å². The van der Waals surface area contributed by atoms with E-state index in [0.29, 0.717) is 0 Å². The first-order valence-electron chi connectivity index (χ1n) is 6.49. The Balaban J connectivity index is 2.47. The molecule has 0 fully saturated rings. The fourth-order valence-electron chi connectivity index (χ4n) is 1.36. The largest absolute Gasteiger partial charge is 0.378 e. The fraction of sp³-hybridized carbons (Fsp3) is 0.385. The molecule has 0 atom stereocenters. The zero-order valence-electron chi connectivity index (χ0n) is 13.1. The van der Waals surface area contributed by atoms with Gasteiger partial charge in [-0.25, -0.2) is 5.43 Å². The summed E-state index contributed by atoms with van der Waals surface area (Å²) in [6, 6.07) is 7.57. The first-order valence-corrected chi connectivity index (χ1v) is 7.93. The molecule has 0 radical (unpaired) electrons. The molecule has 1 aromatic rings. The number of carbonyl (C=O) groups is 1. The quantitative estimate of drug-likeness (QED) is 0.526. The zero-order chi connectivity index (χ0) is 16.8. The Morgan fingerprint density at radius 1 is 1.18 bits per heavy atom. The van der Waals surface area contributed by atoms with Gasteiger partial charge in [-0.2, -0.15) is 22.5 Å². The van der Waals surface area contributed by atoms with Crippen LogP contribution in [0, 0.1) is 0 Å². The highest BCUT2D eigenvalue weighted by Crippen LogP contribution is 2.10. The third-order valence-corrected chi connectivity index (χ3v) is 4.18. The molecule has 22 heavy (non-hydrogen) atoms. The summed E-state index contributed by atoms with van der Waals surface area (Å²) in [4.78, 5) is 13.4. The third-order valence-electron chi connectivity index (χ3n) is 2.71. The van der Waals surface area contributed by atoms with Crippen molar-refractivity contribution < 1.29 is 13.2 Å². The molecule has 122 valence electrons. The third kappa shape index (κ3) is 5.80. The van der Waals surface area contributed by atoms with Crippen molar-refractivity contribution >= 4 is 28.0 Å². The second-order valence-electron chi connectivity index (χ2n) is 4.89. The smallest absolute Gasteiger partial charge is 0.279 e. The number of nitrogens with one attached hydrogen (secondary N) is 2.